The fourth-order valence-electron chi connectivity index (χ4n) is 1.22. The van der Waals surface area contributed by atoms with Crippen molar-refractivity contribution in [1.29, 1.82) is 0 Å². The fraction of sp³-hybridized carbons (Fsp3) is 0.364. The summed E-state index contributed by atoms with van der Waals surface area (Å²) in [6, 6.07) is 5.64. The van der Waals surface area contributed by atoms with Gasteiger partial charge in [0.1, 0.15) is 12.4 Å². The van der Waals surface area contributed by atoms with E-state index in [0.717, 1.165) is 0 Å². The predicted octanol–water partition coefficient (Wildman–Crippen LogP) is -0.559. The molecule has 0 aliphatic rings. The van der Waals surface area contributed by atoms with Crippen LogP contribution in [0.4, 0.5) is 5.69 Å². The standard InChI is InChI=1S/C11H17N3O4S/c1-8(11(13)15)14-19(16,17)7-6-18-10-4-2-9(12)3-5-10/h2-5,8,14H,6-7,12H2,1H3,(H2,13,15). The normalized spacial score (nSPS) is 12.9. The number of carbonyl (C=O) groups is 1. The van der Waals surface area contributed by atoms with Gasteiger partial charge in [0.25, 0.3) is 0 Å². The number of nitrogens with two attached hydrogens (primary N) is 2. The van der Waals surface area contributed by atoms with E-state index in [1.54, 1.807) is 24.3 Å². The molecule has 0 saturated carbocycles. The SMILES string of the molecule is CC(NS(=O)(=O)CCOc1ccc(N)cc1)C(N)=O. The van der Waals surface area contributed by atoms with Crippen LogP contribution in [0.15, 0.2) is 24.3 Å². The van der Waals surface area contributed by atoms with Crippen LogP contribution in [0, 0.1) is 0 Å². The van der Waals surface area contributed by atoms with Gasteiger partial charge in [-0.15, -0.1) is 0 Å². The third-order valence-electron chi connectivity index (χ3n) is 2.28. The van der Waals surface area contributed by atoms with Gasteiger partial charge >= 0.3 is 0 Å². The first kappa shape index (κ1) is 15.3. The largest absolute Gasteiger partial charge is 0.492 e. The summed E-state index contributed by atoms with van der Waals surface area (Å²) in [4.78, 5) is 10.8. The summed E-state index contributed by atoms with van der Waals surface area (Å²) in [5.74, 6) is -0.481. The van der Waals surface area contributed by atoms with Crippen molar-refractivity contribution >= 4 is 21.6 Å². The van der Waals surface area contributed by atoms with E-state index in [-0.39, 0.29) is 12.4 Å². The van der Waals surface area contributed by atoms with Crippen molar-refractivity contribution in [3.63, 3.8) is 0 Å². The van der Waals surface area contributed by atoms with Crippen molar-refractivity contribution in [2.45, 2.75) is 13.0 Å². The Morgan fingerprint density at radius 2 is 1.95 bits per heavy atom. The number of carbonyl (C=O) groups excluding carboxylic acids is 1. The van der Waals surface area contributed by atoms with Crippen LogP contribution < -0.4 is 20.9 Å². The number of amides is 1. The Bertz CT molecular complexity index is 527. The third-order valence-corrected chi connectivity index (χ3v) is 3.70. The maximum atomic E-state index is 11.6. The minimum Gasteiger partial charge on any atom is -0.492 e. The van der Waals surface area contributed by atoms with Gasteiger partial charge in [0.2, 0.25) is 15.9 Å². The molecule has 0 radical (unpaired) electrons. The van der Waals surface area contributed by atoms with Gasteiger partial charge in [-0.2, -0.15) is 0 Å². The summed E-state index contributed by atoms with van der Waals surface area (Å²) in [6.07, 6.45) is 0. The number of nitrogen functional groups attached to an aromatic ring is 1. The van der Waals surface area contributed by atoms with Crippen LogP contribution in [-0.4, -0.2) is 32.7 Å². The van der Waals surface area contributed by atoms with Gasteiger partial charge in [0, 0.05) is 5.69 Å². The highest BCUT2D eigenvalue weighted by Crippen LogP contribution is 2.12. The third kappa shape index (κ3) is 5.58. The zero-order valence-corrected chi connectivity index (χ0v) is 11.3. The first-order valence-electron chi connectivity index (χ1n) is 5.58. The number of rotatable bonds is 7. The number of anilines is 1. The molecule has 5 N–H and O–H groups in total. The molecule has 1 aromatic carbocycles. The van der Waals surface area contributed by atoms with Crippen LogP contribution in [-0.2, 0) is 14.8 Å². The molecule has 0 aliphatic heterocycles. The van der Waals surface area contributed by atoms with Gasteiger partial charge in [-0.1, -0.05) is 0 Å². The Kier molecular flexibility index (Phi) is 5.13. The summed E-state index contributed by atoms with van der Waals surface area (Å²) in [7, 11) is -3.60. The number of sulfonamides is 1. The predicted molar refractivity (Wildman–Crippen MR) is 71.9 cm³/mol. The molecule has 0 spiro atoms. The van der Waals surface area contributed by atoms with Crippen LogP contribution >= 0.6 is 0 Å². The monoisotopic (exact) mass is 287 g/mol. The van der Waals surface area contributed by atoms with Crippen LogP contribution in [0.2, 0.25) is 0 Å². The van der Waals surface area contributed by atoms with E-state index in [2.05, 4.69) is 4.72 Å². The smallest absolute Gasteiger partial charge is 0.235 e. The number of hydrogen-bond donors (Lipinski definition) is 3. The second-order valence-electron chi connectivity index (χ2n) is 3.98. The molecule has 106 valence electrons. The fourth-order valence-corrected chi connectivity index (χ4v) is 2.30. The molecule has 0 heterocycles. The quantitative estimate of drug-likeness (QED) is 0.580. The average molecular weight is 287 g/mol. The van der Waals surface area contributed by atoms with Gasteiger partial charge in [0.05, 0.1) is 11.8 Å². The topological polar surface area (TPSA) is 125 Å². The molecule has 19 heavy (non-hydrogen) atoms. The number of hydrogen-bond acceptors (Lipinski definition) is 5. The molecule has 8 heteroatoms. The lowest BCUT2D eigenvalue weighted by molar-refractivity contribution is -0.119. The summed E-state index contributed by atoms with van der Waals surface area (Å²) in [5, 5.41) is 0. The molecule has 0 aromatic heterocycles. The van der Waals surface area contributed by atoms with Gasteiger partial charge in [-0.3, -0.25) is 4.79 Å². The Hall–Kier alpha value is -1.80. The molecule has 1 rings (SSSR count). The lowest BCUT2D eigenvalue weighted by atomic mass is 10.3. The molecular formula is C11H17N3O4S. The number of primary amides is 1. The molecule has 1 amide bonds. The van der Waals surface area contributed by atoms with E-state index in [9.17, 15) is 13.2 Å². The first-order valence-corrected chi connectivity index (χ1v) is 7.23. The van der Waals surface area contributed by atoms with Crippen molar-refractivity contribution in [2.75, 3.05) is 18.1 Å². The van der Waals surface area contributed by atoms with Gasteiger partial charge in [0.15, 0.2) is 0 Å². The molecule has 1 atom stereocenters. The van der Waals surface area contributed by atoms with Crippen LogP contribution in [0.1, 0.15) is 6.92 Å². The Morgan fingerprint density at radius 3 is 2.47 bits per heavy atom. The Balaban J connectivity index is 2.43. The van der Waals surface area contributed by atoms with Gasteiger partial charge in [-0.05, 0) is 31.2 Å². The van der Waals surface area contributed by atoms with Crippen LogP contribution in [0.25, 0.3) is 0 Å². The lowest BCUT2D eigenvalue weighted by Gasteiger charge is -2.11. The first-order chi connectivity index (χ1) is 8.80. The highest BCUT2D eigenvalue weighted by Gasteiger charge is 2.17. The summed E-state index contributed by atoms with van der Waals surface area (Å²) in [5.41, 5.74) is 11.1. The van der Waals surface area contributed by atoms with Crippen molar-refractivity contribution in [3.05, 3.63) is 24.3 Å². The Labute approximate surface area is 112 Å². The average Bonchev–Trinajstić information content (AvgIpc) is 2.30. The number of ether oxygens (including phenoxy) is 1. The van der Waals surface area contributed by atoms with Gasteiger partial charge in [-0.25, -0.2) is 13.1 Å². The second kappa shape index (κ2) is 6.39. The molecule has 0 fully saturated rings. The van der Waals surface area contributed by atoms with E-state index in [4.69, 9.17) is 16.2 Å². The van der Waals surface area contributed by atoms with Crippen molar-refractivity contribution in [2.24, 2.45) is 5.73 Å². The zero-order valence-electron chi connectivity index (χ0n) is 10.5. The van der Waals surface area contributed by atoms with E-state index >= 15 is 0 Å². The minimum absolute atomic E-state index is 0.0370. The highest BCUT2D eigenvalue weighted by molar-refractivity contribution is 7.89. The van der Waals surface area contributed by atoms with Crippen molar-refractivity contribution < 1.29 is 17.9 Å². The van der Waals surface area contributed by atoms with Crippen molar-refractivity contribution in [1.82, 2.24) is 4.72 Å². The summed E-state index contributed by atoms with van der Waals surface area (Å²) >= 11 is 0. The molecule has 1 aromatic rings. The Morgan fingerprint density at radius 1 is 1.37 bits per heavy atom. The maximum absolute atomic E-state index is 11.6. The van der Waals surface area contributed by atoms with Crippen LogP contribution in [0.3, 0.4) is 0 Å². The minimum atomic E-state index is -3.60. The van der Waals surface area contributed by atoms with E-state index in [0.29, 0.717) is 11.4 Å². The van der Waals surface area contributed by atoms with Crippen LogP contribution in [0.5, 0.6) is 5.75 Å². The van der Waals surface area contributed by atoms with Gasteiger partial charge < -0.3 is 16.2 Å². The molecule has 0 saturated heterocycles. The molecule has 0 aliphatic carbocycles. The van der Waals surface area contributed by atoms with Crippen molar-refractivity contribution in [3.8, 4) is 5.75 Å². The molecule has 7 nitrogen and oxygen atoms in total. The molecule has 1 unspecified atom stereocenters. The highest BCUT2D eigenvalue weighted by atomic mass is 32.2. The maximum Gasteiger partial charge on any atom is 0.235 e. The second-order valence-corrected chi connectivity index (χ2v) is 5.85. The number of benzene rings is 1. The van der Waals surface area contributed by atoms with E-state index in [1.165, 1.54) is 6.92 Å². The molecular weight excluding hydrogens is 270 g/mol. The zero-order chi connectivity index (χ0) is 14.5. The summed E-state index contributed by atoms with van der Waals surface area (Å²) < 4.78 is 30.5. The number of nitrogens with one attached hydrogen (secondary N) is 1. The van der Waals surface area contributed by atoms with E-state index < -0.39 is 22.0 Å². The lowest BCUT2D eigenvalue weighted by Crippen LogP contribution is -2.43. The molecule has 0 bridgehead atoms. The van der Waals surface area contributed by atoms with E-state index in [1.807, 2.05) is 0 Å². The summed E-state index contributed by atoms with van der Waals surface area (Å²) in [6.45, 7) is 1.34.